The average Bonchev–Trinajstić information content (AvgIpc) is 3.04. The predicted molar refractivity (Wildman–Crippen MR) is 107 cm³/mol. The van der Waals surface area contributed by atoms with Gasteiger partial charge in [-0.15, -0.1) is 0 Å². The van der Waals surface area contributed by atoms with Crippen molar-refractivity contribution in [1.82, 2.24) is 9.55 Å². The number of carbonyl (C=O) groups excluding carboxylic acids is 1. The van der Waals surface area contributed by atoms with Crippen molar-refractivity contribution >= 4 is 22.5 Å². The molecule has 27 heavy (non-hydrogen) atoms. The predicted octanol–water partition coefficient (Wildman–Crippen LogP) is 4.89. The van der Waals surface area contributed by atoms with E-state index in [1.165, 1.54) is 19.3 Å². The van der Waals surface area contributed by atoms with E-state index in [2.05, 4.69) is 10.3 Å². The monoisotopic (exact) mass is 363 g/mol. The number of amides is 1. The molecule has 1 amide bonds. The molecule has 0 bridgehead atoms. The number of pyridine rings is 1. The number of fused-ring (bicyclic) bond motifs is 1. The van der Waals surface area contributed by atoms with E-state index < -0.39 is 6.04 Å². The van der Waals surface area contributed by atoms with Crippen LogP contribution in [0.5, 0.6) is 5.88 Å². The zero-order valence-corrected chi connectivity index (χ0v) is 15.3. The highest BCUT2D eigenvalue weighted by atomic mass is 16.3. The van der Waals surface area contributed by atoms with E-state index in [1.54, 1.807) is 16.8 Å². The number of nitrogens with zero attached hydrogens (tertiary/aromatic N) is 2. The fraction of sp³-hybridized carbons (Fsp3) is 0.364. The summed E-state index contributed by atoms with van der Waals surface area (Å²) in [6.07, 6.45) is 10.3. The van der Waals surface area contributed by atoms with Crippen LogP contribution in [0.2, 0.25) is 0 Å². The Labute approximate surface area is 159 Å². The van der Waals surface area contributed by atoms with Gasteiger partial charge in [-0.1, -0.05) is 56.4 Å². The standard InChI is InChI=1S/C22H25N3O2/c26-21(24-20-12-6-7-13-23-20)19(14-16-8-2-1-3-9-16)25-15-17-10-4-5-11-18(17)22(25)27/h4-7,10-13,15-16,19,27H,1-3,8-9,14H2,(H,23,24,26)/t19-/m0/s1. The second-order valence-corrected chi connectivity index (χ2v) is 7.41. The van der Waals surface area contributed by atoms with E-state index in [4.69, 9.17) is 0 Å². The summed E-state index contributed by atoms with van der Waals surface area (Å²) in [5.41, 5.74) is 0. The second-order valence-electron chi connectivity index (χ2n) is 7.41. The minimum atomic E-state index is -0.456. The Morgan fingerprint density at radius 3 is 2.67 bits per heavy atom. The number of rotatable bonds is 5. The number of aromatic hydroxyl groups is 1. The summed E-state index contributed by atoms with van der Waals surface area (Å²) in [6, 6.07) is 12.7. The van der Waals surface area contributed by atoms with Crippen molar-refractivity contribution in [3.63, 3.8) is 0 Å². The molecule has 2 aromatic heterocycles. The molecule has 5 heteroatoms. The molecule has 0 unspecified atom stereocenters. The first kappa shape index (κ1) is 17.6. The molecule has 1 saturated carbocycles. The molecule has 1 atom stereocenters. The second kappa shape index (κ2) is 7.82. The number of nitrogens with one attached hydrogen (secondary N) is 1. The maximum absolute atomic E-state index is 13.1. The highest BCUT2D eigenvalue weighted by Crippen LogP contribution is 2.36. The number of anilines is 1. The van der Waals surface area contributed by atoms with E-state index in [9.17, 15) is 9.90 Å². The molecule has 3 aromatic rings. The first-order chi connectivity index (χ1) is 13.2. The Morgan fingerprint density at radius 2 is 1.93 bits per heavy atom. The fourth-order valence-electron chi connectivity index (χ4n) is 4.13. The molecule has 0 radical (unpaired) electrons. The van der Waals surface area contributed by atoms with Crippen molar-refractivity contribution in [2.75, 3.05) is 5.32 Å². The topological polar surface area (TPSA) is 67.2 Å². The Balaban J connectivity index is 1.65. The lowest BCUT2D eigenvalue weighted by atomic mass is 9.84. The van der Waals surface area contributed by atoms with Crippen LogP contribution in [0.25, 0.3) is 10.8 Å². The average molecular weight is 363 g/mol. The van der Waals surface area contributed by atoms with Crippen molar-refractivity contribution < 1.29 is 9.90 Å². The highest BCUT2D eigenvalue weighted by molar-refractivity contribution is 5.95. The van der Waals surface area contributed by atoms with Crippen LogP contribution < -0.4 is 5.32 Å². The third-order valence-corrected chi connectivity index (χ3v) is 5.56. The van der Waals surface area contributed by atoms with Gasteiger partial charge in [-0.3, -0.25) is 4.79 Å². The van der Waals surface area contributed by atoms with Gasteiger partial charge in [-0.25, -0.2) is 4.98 Å². The smallest absolute Gasteiger partial charge is 0.248 e. The van der Waals surface area contributed by atoms with Crippen LogP contribution in [-0.4, -0.2) is 20.6 Å². The summed E-state index contributed by atoms with van der Waals surface area (Å²) in [4.78, 5) is 17.3. The molecule has 1 aromatic carbocycles. The fourth-order valence-corrected chi connectivity index (χ4v) is 4.13. The summed E-state index contributed by atoms with van der Waals surface area (Å²) in [5.74, 6) is 1.06. The number of aromatic nitrogens is 2. The Morgan fingerprint density at radius 1 is 1.15 bits per heavy atom. The molecule has 1 fully saturated rings. The van der Waals surface area contributed by atoms with Crippen LogP contribution >= 0.6 is 0 Å². The van der Waals surface area contributed by atoms with Crippen LogP contribution in [0.3, 0.4) is 0 Å². The van der Waals surface area contributed by atoms with E-state index in [-0.39, 0.29) is 11.8 Å². The van der Waals surface area contributed by atoms with E-state index in [0.717, 1.165) is 30.0 Å². The van der Waals surface area contributed by atoms with Crippen LogP contribution in [0, 0.1) is 5.92 Å². The number of hydrogen-bond acceptors (Lipinski definition) is 3. The normalized spacial score (nSPS) is 16.3. The van der Waals surface area contributed by atoms with Crippen molar-refractivity contribution in [3.05, 3.63) is 54.9 Å². The van der Waals surface area contributed by atoms with Gasteiger partial charge < -0.3 is 15.0 Å². The molecule has 5 nitrogen and oxygen atoms in total. The van der Waals surface area contributed by atoms with Crippen molar-refractivity contribution in [3.8, 4) is 5.88 Å². The van der Waals surface area contributed by atoms with Crippen LogP contribution in [0.15, 0.2) is 54.9 Å². The van der Waals surface area contributed by atoms with Gasteiger partial charge in [-0.05, 0) is 30.5 Å². The molecular formula is C22H25N3O2. The van der Waals surface area contributed by atoms with Gasteiger partial charge in [0.25, 0.3) is 0 Å². The molecular weight excluding hydrogens is 338 g/mol. The minimum absolute atomic E-state index is 0.130. The summed E-state index contributed by atoms with van der Waals surface area (Å²) >= 11 is 0. The van der Waals surface area contributed by atoms with Gasteiger partial charge in [0.2, 0.25) is 5.91 Å². The highest BCUT2D eigenvalue weighted by Gasteiger charge is 2.28. The lowest BCUT2D eigenvalue weighted by Gasteiger charge is -2.27. The number of benzene rings is 1. The minimum Gasteiger partial charge on any atom is -0.494 e. The summed E-state index contributed by atoms with van der Waals surface area (Å²) < 4.78 is 1.73. The third-order valence-electron chi connectivity index (χ3n) is 5.56. The Bertz CT molecular complexity index is 914. The summed E-state index contributed by atoms with van der Waals surface area (Å²) in [7, 11) is 0. The Hall–Kier alpha value is -2.82. The SMILES string of the molecule is O=C(Nc1ccccn1)[C@H](CC1CCCCC1)n1cc2ccccc2c1O. The molecule has 0 saturated heterocycles. The molecule has 0 aliphatic heterocycles. The first-order valence-corrected chi connectivity index (χ1v) is 9.73. The van der Waals surface area contributed by atoms with Gasteiger partial charge in [0.15, 0.2) is 5.88 Å². The number of carbonyl (C=O) groups is 1. The molecule has 2 N–H and O–H groups in total. The summed E-state index contributed by atoms with van der Waals surface area (Å²) in [6.45, 7) is 0. The van der Waals surface area contributed by atoms with Gasteiger partial charge in [0.05, 0.1) is 0 Å². The third kappa shape index (κ3) is 3.82. The number of hydrogen-bond donors (Lipinski definition) is 2. The van der Waals surface area contributed by atoms with Crippen molar-refractivity contribution in [1.29, 1.82) is 0 Å². The van der Waals surface area contributed by atoms with E-state index in [1.807, 2.05) is 42.6 Å². The molecule has 4 rings (SSSR count). The van der Waals surface area contributed by atoms with Crippen LogP contribution in [-0.2, 0) is 4.79 Å². The van der Waals surface area contributed by atoms with E-state index in [0.29, 0.717) is 11.7 Å². The van der Waals surface area contributed by atoms with Crippen molar-refractivity contribution in [2.24, 2.45) is 5.92 Å². The Kier molecular flexibility index (Phi) is 5.10. The maximum Gasteiger partial charge on any atom is 0.248 e. The molecule has 140 valence electrons. The lowest BCUT2D eigenvalue weighted by molar-refractivity contribution is -0.120. The van der Waals surface area contributed by atoms with Crippen LogP contribution in [0.4, 0.5) is 5.82 Å². The zero-order valence-electron chi connectivity index (χ0n) is 15.3. The zero-order chi connectivity index (χ0) is 18.6. The molecule has 1 aliphatic rings. The molecule has 0 spiro atoms. The van der Waals surface area contributed by atoms with Gasteiger partial charge in [0.1, 0.15) is 11.9 Å². The summed E-state index contributed by atoms with van der Waals surface area (Å²) in [5, 5.41) is 15.4. The lowest BCUT2D eigenvalue weighted by Crippen LogP contribution is -2.28. The quantitative estimate of drug-likeness (QED) is 0.678. The first-order valence-electron chi connectivity index (χ1n) is 9.73. The van der Waals surface area contributed by atoms with E-state index >= 15 is 0 Å². The largest absolute Gasteiger partial charge is 0.494 e. The molecule has 2 heterocycles. The maximum atomic E-state index is 13.1. The van der Waals surface area contributed by atoms with Crippen LogP contribution in [0.1, 0.15) is 44.6 Å². The van der Waals surface area contributed by atoms with Gasteiger partial charge in [0, 0.05) is 23.2 Å². The van der Waals surface area contributed by atoms with Gasteiger partial charge >= 0.3 is 0 Å². The van der Waals surface area contributed by atoms with Gasteiger partial charge in [-0.2, -0.15) is 0 Å². The molecule has 1 aliphatic carbocycles. The van der Waals surface area contributed by atoms with Crippen molar-refractivity contribution in [2.45, 2.75) is 44.6 Å².